The summed E-state index contributed by atoms with van der Waals surface area (Å²) < 4.78 is 35.5. The molecule has 1 aliphatic heterocycles. The monoisotopic (exact) mass is 299 g/mol. The molecule has 109 valence electrons. The Hall–Kier alpha value is -1.63. The number of hydrogen-bond donors (Lipinski definition) is 1. The van der Waals surface area contributed by atoms with Gasteiger partial charge >= 0.3 is 5.24 Å². The molecule has 1 heterocycles. The van der Waals surface area contributed by atoms with Crippen LogP contribution in [0.3, 0.4) is 0 Å². The van der Waals surface area contributed by atoms with Crippen LogP contribution in [-0.4, -0.2) is 32.5 Å². The smallest absolute Gasteiger partial charge is 0.333 e. The lowest BCUT2D eigenvalue weighted by Crippen LogP contribution is -2.26. The molecule has 0 atom stereocenters. The molecule has 7 heteroatoms. The average Bonchev–Trinajstić information content (AvgIpc) is 2.76. The number of carbonyl (C=O) groups is 1. The van der Waals surface area contributed by atoms with Crippen molar-refractivity contribution in [3.05, 3.63) is 36.0 Å². The molecule has 0 aromatic heterocycles. The number of hydrogen-bond acceptors (Lipinski definition) is 4. The molecule has 20 heavy (non-hydrogen) atoms. The minimum Gasteiger partial charge on any atom is -0.371 e. The molecule has 1 aromatic carbocycles. The second-order valence-corrected chi connectivity index (χ2v) is 6.72. The number of anilines is 1. The summed E-state index contributed by atoms with van der Waals surface area (Å²) in [5, 5.41) is -1.28. The first-order valence-electron chi connectivity index (χ1n) is 6.27. The number of amides is 1. The fraction of sp³-hybridized carbons (Fsp3) is 0.385. The Labute approximate surface area is 117 Å². The molecule has 0 bridgehead atoms. The summed E-state index contributed by atoms with van der Waals surface area (Å²) in [7, 11) is -3.82. The van der Waals surface area contributed by atoms with Crippen LogP contribution in [0, 0.1) is 12.2 Å². The maximum absolute atomic E-state index is 13.1. The number of nitrogens with two attached hydrogens (primary N) is 1. The first kappa shape index (κ1) is 14.8. The second kappa shape index (κ2) is 5.78. The topological polar surface area (TPSA) is 80.5 Å². The van der Waals surface area contributed by atoms with Crippen LogP contribution < -0.4 is 10.6 Å². The molecule has 1 aromatic rings. The zero-order valence-corrected chi connectivity index (χ0v) is 11.7. The van der Waals surface area contributed by atoms with E-state index < -0.39 is 15.1 Å². The maximum atomic E-state index is 13.1. The van der Waals surface area contributed by atoms with Gasteiger partial charge < -0.3 is 10.6 Å². The fourth-order valence-electron chi connectivity index (χ4n) is 2.21. The number of rotatable bonds is 5. The van der Waals surface area contributed by atoms with Crippen molar-refractivity contribution in [1.82, 2.24) is 0 Å². The maximum Gasteiger partial charge on any atom is 0.333 e. The molecule has 0 unspecified atom stereocenters. The summed E-state index contributed by atoms with van der Waals surface area (Å²) >= 11 is 0. The van der Waals surface area contributed by atoms with Crippen LogP contribution in [0.5, 0.6) is 0 Å². The van der Waals surface area contributed by atoms with Gasteiger partial charge in [0, 0.05) is 18.8 Å². The van der Waals surface area contributed by atoms with Crippen molar-refractivity contribution in [2.75, 3.05) is 23.7 Å². The molecular weight excluding hydrogens is 283 g/mol. The molecule has 2 N–H and O–H groups in total. The summed E-state index contributed by atoms with van der Waals surface area (Å²) in [6, 6.07) is 4.66. The first-order valence-corrected chi connectivity index (χ1v) is 7.92. The Kier molecular flexibility index (Phi) is 4.27. The van der Waals surface area contributed by atoms with Crippen molar-refractivity contribution in [3.63, 3.8) is 0 Å². The van der Waals surface area contributed by atoms with Gasteiger partial charge in [0.15, 0.2) is 0 Å². The highest BCUT2D eigenvalue weighted by atomic mass is 32.2. The molecule has 0 spiro atoms. The van der Waals surface area contributed by atoms with Crippen molar-refractivity contribution in [3.8, 4) is 0 Å². The summed E-state index contributed by atoms with van der Waals surface area (Å²) in [6.07, 6.45) is 2.83. The molecule has 1 amide bonds. The van der Waals surface area contributed by atoms with Gasteiger partial charge in [0.2, 0.25) is 9.84 Å². The van der Waals surface area contributed by atoms with E-state index in [2.05, 4.69) is 0 Å². The molecule has 1 aliphatic rings. The van der Waals surface area contributed by atoms with Crippen LogP contribution >= 0.6 is 0 Å². The van der Waals surface area contributed by atoms with Crippen LogP contribution in [0.25, 0.3) is 0 Å². The van der Waals surface area contributed by atoms with Gasteiger partial charge in [-0.1, -0.05) is 0 Å². The third kappa shape index (κ3) is 3.27. The van der Waals surface area contributed by atoms with E-state index in [1.54, 1.807) is 12.5 Å². The van der Waals surface area contributed by atoms with E-state index in [1.165, 1.54) is 12.1 Å². The van der Waals surface area contributed by atoms with E-state index in [0.717, 1.165) is 24.2 Å². The summed E-state index contributed by atoms with van der Waals surface area (Å²) in [4.78, 5) is 12.7. The van der Waals surface area contributed by atoms with Crippen molar-refractivity contribution in [2.45, 2.75) is 12.8 Å². The number of primary amides is 1. The van der Waals surface area contributed by atoms with E-state index >= 15 is 0 Å². The Balaban J connectivity index is 1.84. The van der Waals surface area contributed by atoms with Gasteiger partial charge in [-0.05, 0) is 43.0 Å². The van der Waals surface area contributed by atoms with Crippen molar-refractivity contribution < 1.29 is 17.6 Å². The number of carbonyl (C=O) groups excluding carboxylic acids is 1. The highest BCUT2D eigenvalue weighted by molar-refractivity contribution is 8.05. The quantitative estimate of drug-likeness (QED) is 0.830. The van der Waals surface area contributed by atoms with E-state index in [4.69, 9.17) is 5.73 Å². The van der Waals surface area contributed by atoms with E-state index in [0.29, 0.717) is 6.54 Å². The van der Waals surface area contributed by atoms with Crippen LogP contribution in [0.15, 0.2) is 18.2 Å². The molecule has 0 aliphatic carbocycles. The van der Waals surface area contributed by atoms with Crippen LogP contribution in [0.4, 0.5) is 14.9 Å². The second-order valence-electron chi connectivity index (χ2n) is 4.68. The number of nitrogens with zero attached hydrogens (tertiary/aromatic N) is 1. The van der Waals surface area contributed by atoms with Gasteiger partial charge in [-0.2, -0.15) is 0 Å². The first-order chi connectivity index (χ1) is 9.40. The zero-order chi connectivity index (χ0) is 14.8. The lowest BCUT2D eigenvalue weighted by molar-refractivity contribution is 0.265. The predicted octanol–water partition coefficient (Wildman–Crippen LogP) is 1.28. The Morgan fingerprint density at radius 3 is 2.90 bits per heavy atom. The van der Waals surface area contributed by atoms with Crippen LogP contribution in [0.2, 0.25) is 0 Å². The van der Waals surface area contributed by atoms with Gasteiger partial charge in [-0.3, -0.25) is 4.79 Å². The highest BCUT2D eigenvalue weighted by Gasteiger charge is 2.20. The molecular formula is C13H16FN2O3S. The van der Waals surface area contributed by atoms with Gasteiger partial charge in [0.1, 0.15) is 5.82 Å². The summed E-state index contributed by atoms with van der Waals surface area (Å²) in [6.45, 7) is 1.34. The van der Waals surface area contributed by atoms with Crippen LogP contribution in [-0.2, 0) is 16.3 Å². The van der Waals surface area contributed by atoms with Gasteiger partial charge in [0.05, 0.1) is 5.75 Å². The fourth-order valence-corrected chi connectivity index (χ4v) is 2.89. The van der Waals surface area contributed by atoms with Crippen molar-refractivity contribution in [2.24, 2.45) is 5.73 Å². The van der Waals surface area contributed by atoms with E-state index in [-0.39, 0.29) is 18.0 Å². The minimum absolute atomic E-state index is 0.248. The minimum atomic E-state index is -3.82. The average molecular weight is 299 g/mol. The zero-order valence-electron chi connectivity index (χ0n) is 10.9. The van der Waals surface area contributed by atoms with Gasteiger partial charge in [0.25, 0.3) is 0 Å². The predicted molar refractivity (Wildman–Crippen MR) is 74.6 cm³/mol. The Bertz CT molecular complexity index is 616. The Morgan fingerprint density at radius 1 is 1.45 bits per heavy atom. The normalized spacial score (nSPS) is 14.3. The lowest BCUT2D eigenvalue weighted by atomic mass is 10.1. The standard InChI is InChI=1S/C13H16FN2O3S/c14-11-3-4-12-10(9-11)5-7-16(12)6-1-2-8-20(18,19)13(15)17/h1,3-4,9H,2,5-8H2,(H2,15,17). The molecule has 0 fully saturated rings. The number of sulfone groups is 1. The lowest BCUT2D eigenvalue weighted by Gasteiger charge is -2.18. The number of halogens is 1. The molecule has 2 rings (SSSR count). The van der Waals surface area contributed by atoms with Crippen LogP contribution in [0.1, 0.15) is 12.0 Å². The SMILES string of the molecule is NC(=O)S(=O)(=O)CC[CH]CN1CCc2cc(F)ccc21. The summed E-state index contributed by atoms with van der Waals surface area (Å²) in [5.41, 5.74) is 6.70. The highest BCUT2D eigenvalue weighted by Crippen LogP contribution is 2.28. The largest absolute Gasteiger partial charge is 0.371 e. The molecule has 1 radical (unpaired) electrons. The van der Waals surface area contributed by atoms with Crippen molar-refractivity contribution in [1.29, 1.82) is 0 Å². The van der Waals surface area contributed by atoms with Gasteiger partial charge in [-0.15, -0.1) is 0 Å². The van der Waals surface area contributed by atoms with Gasteiger partial charge in [-0.25, -0.2) is 12.8 Å². The van der Waals surface area contributed by atoms with E-state index in [9.17, 15) is 17.6 Å². The molecule has 0 saturated heterocycles. The number of fused-ring (bicyclic) bond motifs is 1. The summed E-state index contributed by atoms with van der Waals surface area (Å²) in [5.74, 6) is -0.519. The van der Waals surface area contributed by atoms with E-state index in [1.807, 2.05) is 4.90 Å². The van der Waals surface area contributed by atoms with Crippen molar-refractivity contribution >= 4 is 20.8 Å². The Morgan fingerprint density at radius 2 is 2.20 bits per heavy atom. The molecule has 5 nitrogen and oxygen atoms in total. The number of unbranched alkanes of at least 4 members (excludes halogenated alkanes) is 1. The number of benzene rings is 1. The molecule has 0 saturated carbocycles. The third-order valence-electron chi connectivity index (χ3n) is 3.28. The third-order valence-corrected chi connectivity index (χ3v) is 4.67.